The van der Waals surface area contributed by atoms with Crippen LogP contribution in [-0.2, 0) is 31.7 Å². The van der Waals surface area contributed by atoms with Crippen molar-refractivity contribution >= 4 is 36.3 Å². The van der Waals surface area contributed by atoms with Crippen LogP contribution in [0.4, 0.5) is 4.39 Å². The number of rotatable bonds is 11. The second-order valence-corrected chi connectivity index (χ2v) is 14.2. The number of carbonyl (C=O) groups is 3. The predicted molar refractivity (Wildman–Crippen MR) is 181 cm³/mol. The van der Waals surface area contributed by atoms with Gasteiger partial charge < -0.3 is 19.1 Å². The molecular weight excluding hydrogens is 650 g/mol. The maximum atomic E-state index is 14.3. The minimum atomic E-state index is -3.78. The number of halogens is 1. The van der Waals surface area contributed by atoms with E-state index >= 15 is 0 Å². The number of esters is 1. The molecule has 3 heterocycles. The van der Waals surface area contributed by atoms with Gasteiger partial charge in [0.05, 0.1) is 29.9 Å². The van der Waals surface area contributed by atoms with E-state index in [-0.39, 0.29) is 36.9 Å². The van der Waals surface area contributed by atoms with Gasteiger partial charge in [0.2, 0.25) is 0 Å². The summed E-state index contributed by atoms with van der Waals surface area (Å²) < 4.78 is 43.6. The number of aromatic nitrogens is 1. The molecule has 0 radical (unpaired) electrons. The van der Waals surface area contributed by atoms with Crippen molar-refractivity contribution in [2.24, 2.45) is 0 Å². The summed E-state index contributed by atoms with van der Waals surface area (Å²) in [7, 11) is -2.55. The summed E-state index contributed by atoms with van der Waals surface area (Å²) in [4.78, 5) is 50.2. The zero-order valence-electron chi connectivity index (χ0n) is 27.6. The van der Waals surface area contributed by atoms with Crippen molar-refractivity contribution in [3.63, 3.8) is 0 Å². The molecule has 3 aromatic carbocycles. The van der Waals surface area contributed by atoms with E-state index in [4.69, 9.17) is 13.8 Å². The molecule has 6 rings (SSSR count). The van der Waals surface area contributed by atoms with E-state index in [0.29, 0.717) is 66.1 Å². The van der Waals surface area contributed by atoms with Gasteiger partial charge in [0, 0.05) is 57.4 Å². The topological polar surface area (TPSA) is 119 Å². The molecule has 4 aromatic rings. The lowest BCUT2D eigenvalue weighted by molar-refractivity contribution is -0.148. The zero-order chi connectivity index (χ0) is 34.7. The monoisotopic (exact) mass is 688 g/mol. The Balaban J connectivity index is 1.17. The minimum Gasteiger partial charge on any atom is -0.467 e. The molecule has 13 heteroatoms. The van der Waals surface area contributed by atoms with E-state index in [1.807, 2.05) is 19.1 Å². The number of pyridine rings is 1. The Kier molecular flexibility index (Phi) is 10.1. The molecular formula is C36H38FN4O7P. The number of carbonyl (C=O) groups excluding carboxylic acids is 3. The van der Waals surface area contributed by atoms with Crippen LogP contribution >= 0.6 is 7.60 Å². The highest BCUT2D eigenvalue weighted by Crippen LogP contribution is 2.49. The highest BCUT2D eigenvalue weighted by molar-refractivity contribution is 7.54. The molecule has 0 spiro atoms. The third-order valence-corrected chi connectivity index (χ3v) is 10.8. The number of para-hydroxylation sites is 1. The molecule has 2 aliphatic heterocycles. The van der Waals surface area contributed by atoms with Gasteiger partial charge in [-0.05, 0) is 60.9 Å². The molecule has 0 saturated carbocycles. The maximum Gasteiger partial charge on any atom is 0.381 e. The lowest BCUT2D eigenvalue weighted by Gasteiger charge is -2.35. The summed E-state index contributed by atoms with van der Waals surface area (Å²) in [5.74, 6) is -1.01. The average Bonchev–Trinajstić information content (AvgIpc) is 3.43. The standard InChI is InChI=1S/C36H38FN4O7P/c1-24-31-30(23-41(34(31)42)22-26-11-13-27(37)14-12-26)32(29-10-7-15-38-33(24)29)35(43)40-18-16-39(17-19-40)20-21-49(45,47-25(2)36(44)46-3)48-28-8-5-4-6-9-28/h4-15,25H,16-23H2,1-3H3/t25-,49?/m0/s1. The third kappa shape index (κ3) is 7.36. The molecule has 256 valence electrons. The van der Waals surface area contributed by atoms with E-state index in [1.165, 1.54) is 26.2 Å². The fourth-order valence-electron chi connectivity index (χ4n) is 6.40. The van der Waals surface area contributed by atoms with Gasteiger partial charge in [-0.3, -0.25) is 24.0 Å². The van der Waals surface area contributed by atoms with Crippen molar-refractivity contribution < 1.29 is 37.1 Å². The van der Waals surface area contributed by atoms with Crippen molar-refractivity contribution in [3.8, 4) is 5.75 Å². The first-order valence-corrected chi connectivity index (χ1v) is 17.8. The lowest BCUT2D eigenvalue weighted by atomic mass is 9.92. The Morgan fingerprint density at radius 1 is 1.00 bits per heavy atom. The van der Waals surface area contributed by atoms with Gasteiger partial charge in [-0.25, -0.2) is 13.8 Å². The van der Waals surface area contributed by atoms with E-state index in [0.717, 1.165) is 11.1 Å². The third-order valence-electron chi connectivity index (χ3n) is 8.95. The van der Waals surface area contributed by atoms with Crippen molar-refractivity contribution in [2.45, 2.75) is 33.0 Å². The highest BCUT2D eigenvalue weighted by Gasteiger charge is 2.38. The summed E-state index contributed by atoms with van der Waals surface area (Å²) in [5, 5.41) is 0.693. The zero-order valence-corrected chi connectivity index (χ0v) is 28.5. The molecule has 2 atom stereocenters. The summed E-state index contributed by atoms with van der Waals surface area (Å²) in [6.45, 7) is 6.01. The number of amides is 2. The molecule has 11 nitrogen and oxygen atoms in total. The fraction of sp³-hybridized carbons (Fsp3) is 0.333. The van der Waals surface area contributed by atoms with E-state index in [2.05, 4.69) is 9.88 Å². The van der Waals surface area contributed by atoms with Crippen LogP contribution in [0.15, 0.2) is 72.9 Å². The first-order chi connectivity index (χ1) is 23.6. The van der Waals surface area contributed by atoms with Crippen LogP contribution in [0.5, 0.6) is 5.75 Å². The number of piperazine rings is 1. The summed E-state index contributed by atoms with van der Waals surface area (Å²) in [5.41, 5.74) is 3.76. The van der Waals surface area contributed by atoms with Crippen LogP contribution in [-0.4, -0.2) is 89.6 Å². The molecule has 2 aliphatic rings. The Labute approximate surface area is 284 Å². The highest BCUT2D eigenvalue weighted by atomic mass is 31.2. The van der Waals surface area contributed by atoms with Crippen LogP contribution in [0.25, 0.3) is 10.9 Å². The Morgan fingerprint density at radius 2 is 1.71 bits per heavy atom. The average molecular weight is 689 g/mol. The number of hydrogen-bond donors (Lipinski definition) is 0. The first-order valence-electron chi connectivity index (χ1n) is 16.1. The number of nitrogens with zero attached hydrogens (tertiary/aromatic N) is 4. The van der Waals surface area contributed by atoms with Gasteiger partial charge in [0.1, 0.15) is 11.6 Å². The predicted octanol–water partition coefficient (Wildman–Crippen LogP) is 5.45. The van der Waals surface area contributed by atoms with Gasteiger partial charge in [0.25, 0.3) is 11.8 Å². The largest absolute Gasteiger partial charge is 0.467 e. The van der Waals surface area contributed by atoms with Crippen LogP contribution in [0.1, 0.15) is 44.3 Å². The molecule has 2 amide bonds. The van der Waals surface area contributed by atoms with Crippen molar-refractivity contribution in [2.75, 3.05) is 46.0 Å². The number of benzene rings is 3. The number of aryl methyl sites for hydroxylation is 1. The molecule has 0 aliphatic carbocycles. The molecule has 0 bridgehead atoms. The van der Waals surface area contributed by atoms with E-state index < -0.39 is 19.7 Å². The van der Waals surface area contributed by atoms with Crippen LogP contribution < -0.4 is 4.52 Å². The van der Waals surface area contributed by atoms with Gasteiger partial charge >= 0.3 is 13.6 Å². The van der Waals surface area contributed by atoms with Crippen molar-refractivity contribution in [3.05, 3.63) is 107 Å². The number of fused-ring (bicyclic) bond motifs is 2. The second kappa shape index (κ2) is 14.5. The van der Waals surface area contributed by atoms with Crippen LogP contribution in [0.2, 0.25) is 0 Å². The fourth-order valence-corrected chi connectivity index (χ4v) is 8.18. The van der Waals surface area contributed by atoms with Gasteiger partial charge in [0.15, 0.2) is 6.10 Å². The number of methoxy groups -OCH3 is 1. The van der Waals surface area contributed by atoms with Gasteiger partial charge in [-0.15, -0.1) is 0 Å². The van der Waals surface area contributed by atoms with E-state index in [1.54, 1.807) is 58.5 Å². The number of ether oxygens (including phenoxy) is 1. The quantitative estimate of drug-likeness (QED) is 0.150. The SMILES string of the molecule is COC(=O)[C@H](C)OP(=O)(CCN1CCN(C(=O)c2c3c(c(C)c4ncccc24)C(=O)N(Cc2ccc(F)cc2)C3)CC1)Oc1ccccc1. The van der Waals surface area contributed by atoms with Crippen molar-refractivity contribution in [1.82, 2.24) is 19.7 Å². The minimum absolute atomic E-state index is 0.0188. The van der Waals surface area contributed by atoms with Crippen LogP contribution in [0, 0.1) is 12.7 Å². The molecule has 1 fully saturated rings. The van der Waals surface area contributed by atoms with Crippen LogP contribution in [0.3, 0.4) is 0 Å². The normalized spacial score (nSPS) is 16.7. The number of hydrogen-bond acceptors (Lipinski definition) is 9. The Bertz CT molecular complexity index is 1920. The summed E-state index contributed by atoms with van der Waals surface area (Å²) in [6.07, 6.45) is 0.582. The maximum absolute atomic E-state index is 14.3. The molecule has 49 heavy (non-hydrogen) atoms. The van der Waals surface area contributed by atoms with Gasteiger partial charge in [-0.1, -0.05) is 36.4 Å². The lowest BCUT2D eigenvalue weighted by Crippen LogP contribution is -2.49. The molecule has 0 N–H and O–H groups in total. The first kappa shape index (κ1) is 34.2. The molecule has 1 unspecified atom stereocenters. The summed E-state index contributed by atoms with van der Waals surface area (Å²) in [6, 6.07) is 18.3. The Morgan fingerprint density at radius 3 is 2.41 bits per heavy atom. The molecule has 1 aromatic heterocycles. The second-order valence-electron chi connectivity index (χ2n) is 12.2. The summed E-state index contributed by atoms with van der Waals surface area (Å²) >= 11 is 0. The smallest absolute Gasteiger partial charge is 0.381 e. The van der Waals surface area contributed by atoms with Crippen molar-refractivity contribution in [1.29, 1.82) is 0 Å². The van der Waals surface area contributed by atoms with E-state index in [9.17, 15) is 23.3 Å². The molecule has 1 saturated heterocycles. The Hall–Kier alpha value is -4.64. The van der Waals surface area contributed by atoms with Gasteiger partial charge in [-0.2, -0.15) is 0 Å².